The lowest BCUT2D eigenvalue weighted by Crippen LogP contribution is -2.46. The van der Waals surface area contributed by atoms with Gasteiger partial charge in [-0.25, -0.2) is 9.97 Å². The Labute approximate surface area is 162 Å². The normalized spacial score (nSPS) is 16.4. The third kappa shape index (κ3) is 3.51. The minimum Gasteiger partial charge on any atom is -0.378 e. The summed E-state index contributed by atoms with van der Waals surface area (Å²) in [6.45, 7) is 8.50. The number of ether oxygens (including phenoxy) is 1. The van der Waals surface area contributed by atoms with Crippen molar-refractivity contribution in [3.05, 3.63) is 30.1 Å². The van der Waals surface area contributed by atoms with E-state index in [0.29, 0.717) is 37.3 Å². The number of morpholine rings is 1. The van der Waals surface area contributed by atoms with E-state index in [1.54, 1.807) is 4.52 Å². The lowest BCUT2D eigenvalue weighted by molar-refractivity contribution is -0.135. The molecule has 0 aliphatic carbocycles. The van der Waals surface area contributed by atoms with Crippen molar-refractivity contribution in [2.45, 2.75) is 31.2 Å². The first-order chi connectivity index (χ1) is 13.0. The Balaban J connectivity index is 1.74. The maximum absolute atomic E-state index is 13.1. The van der Waals surface area contributed by atoms with Crippen LogP contribution in [0.1, 0.15) is 19.7 Å². The van der Waals surface area contributed by atoms with Crippen molar-refractivity contribution in [3.63, 3.8) is 0 Å². The molecule has 142 valence electrons. The number of aryl methyl sites for hydroxylation is 1. The number of amides is 1. The number of thioether (sulfide) groups is 1. The summed E-state index contributed by atoms with van der Waals surface area (Å²) >= 11 is 1.47. The molecule has 1 saturated heterocycles. The first-order valence-corrected chi connectivity index (χ1v) is 10.1. The molecule has 1 atom stereocenters. The molecule has 0 saturated carbocycles. The van der Waals surface area contributed by atoms with E-state index in [9.17, 15) is 4.79 Å². The first kappa shape index (κ1) is 18.2. The zero-order chi connectivity index (χ0) is 19.0. The number of fused-ring (bicyclic) bond motifs is 3. The SMILES string of the molecule is Cc1nc2c3ccccc3nc(SC(C(=O)N3CCOCC3)C(C)C)n2n1. The molecule has 1 aliphatic heterocycles. The van der Waals surface area contributed by atoms with Crippen molar-refractivity contribution in [2.75, 3.05) is 26.3 Å². The first-order valence-electron chi connectivity index (χ1n) is 9.20. The molecule has 8 heteroatoms. The van der Waals surface area contributed by atoms with Gasteiger partial charge in [-0.15, -0.1) is 5.10 Å². The maximum Gasteiger partial charge on any atom is 0.236 e. The van der Waals surface area contributed by atoms with Gasteiger partial charge >= 0.3 is 0 Å². The summed E-state index contributed by atoms with van der Waals surface area (Å²) in [5, 5.41) is 5.95. The molecule has 1 aliphatic rings. The molecular formula is C19H23N5O2S. The minimum atomic E-state index is -0.232. The predicted octanol–water partition coefficient (Wildman–Crippen LogP) is 2.56. The second kappa shape index (κ2) is 7.44. The lowest BCUT2D eigenvalue weighted by atomic mass is 10.1. The van der Waals surface area contributed by atoms with Crippen LogP contribution < -0.4 is 0 Å². The molecule has 1 fully saturated rings. The van der Waals surface area contributed by atoms with Gasteiger partial charge in [-0.3, -0.25) is 4.79 Å². The minimum absolute atomic E-state index is 0.137. The smallest absolute Gasteiger partial charge is 0.236 e. The van der Waals surface area contributed by atoms with Crippen molar-refractivity contribution in [1.29, 1.82) is 0 Å². The van der Waals surface area contributed by atoms with Crippen LogP contribution in [0.25, 0.3) is 16.6 Å². The Morgan fingerprint density at radius 1 is 1.19 bits per heavy atom. The number of aromatic nitrogens is 4. The predicted molar refractivity (Wildman–Crippen MR) is 105 cm³/mol. The van der Waals surface area contributed by atoms with Gasteiger partial charge in [-0.05, 0) is 25.0 Å². The maximum atomic E-state index is 13.1. The highest BCUT2D eigenvalue weighted by molar-refractivity contribution is 8.00. The van der Waals surface area contributed by atoms with E-state index in [1.165, 1.54) is 11.8 Å². The Kier molecular flexibility index (Phi) is 5.01. The lowest BCUT2D eigenvalue weighted by Gasteiger charge is -2.31. The van der Waals surface area contributed by atoms with Gasteiger partial charge in [-0.2, -0.15) is 4.52 Å². The van der Waals surface area contributed by atoms with Crippen LogP contribution in [0.3, 0.4) is 0 Å². The van der Waals surface area contributed by atoms with Gasteiger partial charge in [0.2, 0.25) is 5.91 Å². The van der Waals surface area contributed by atoms with Crippen molar-refractivity contribution in [2.24, 2.45) is 5.92 Å². The number of hydrogen-bond donors (Lipinski definition) is 0. The molecule has 3 heterocycles. The Bertz CT molecular complexity index is 981. The Hall–Kier alpha value is -2.19. The molecular weight excluding hydrogens is 362 g/mol. The van der Waals surface area contributed by atoms with Crippen molar-refractivity contribution >= 4 is 34.2 Å². The van der Waals surface area contributed by atoms with Crippen molar-refractivity contribution < 1.29 is 9.53 Å². The molecule has 0 radical (unpaired) electrons. The van der Waals surface area contributed by atoms with Crippen LogP contribution in [0.5, 0.6) is 0 Å². The molecule has 2 aromatic heterocycles. The number of benzene rings is 1. The van der Waals surface area contributed by atoms with Crippen LogP contribution in [0.15, 0.2) is 29.4 Å². The topological polar surface area (TPSA) is 72.6 Å². The number of carbonyl (C=O) groups is 1. The van der Waals surface area contributed by atoms with Crippen LogP contribution in [0.2, 0.25) is 0 Å². The highest BCUT2D eigenvalue weighted by Crippen LogP contribution is 2.31. The number of rotatable bonds is 4. The summed E-state index contributed by atoms with van der Waals surface area (Å²) in [7, 11) is 0. The highest BCUT2D eigenvalue weighted by Gasteiger charge is 2.31. The van der Waals surface area contributed by atoms with Gasteiger partial charge in [0.25, 0.3) is 0 Å². The van der Waals surface area contributed by atoms with Crippen molar-refractivity contribution in [1.82, 2.24) is 24.5 Å². The molecule has 7 nitrogen and oxygen atoms in total. The molecule has 1 unspecified atom stereocenters. The number of hydrogen-bond acceptors (Lipinski definition) is 6. The Morgan fingerprint density at radius 3 is 2.67 bits per heavy atom. The van der Waals surface area contributed by atoms with Gasteiger partial charge in [0.1, 0.15) is 5.82 Å². The summed E-state index contributed by atoms with van der Waals surface area (Å²) in [5.41, 5.74) is 1.64. The molecule has 27 heavy (non-hydrogen) atoms. The average Bonchev–Trinajstić information content (AvgIpc) is 3.08. The third-order valence-electron chi connectivity index (χ3n) is 4.66. The molecule has 1 aromatic carbocycles. The van der Waals surface area contributed by atoms with Crippen LogP contribution in [0, 0.1) is 12.8 Å². The van der Waals surface area contributed by atoms with E-state index < -0.39 is 0 Å². The quantitative estimate of drug-likeness (QED) is 0.508. The molecule has 0 spiro atoms. The average molecular weight is 385 g/mol. The second-order valence-corrected chi connectivity index (χ2v) is 8.13. The standard InChI is InChI=1S/C19H23N5O2S/c1-12(2)16(18(25)23-8-10-26-11-9-23)27-19-21-15-7-5-4-6-14(15)17-20-13(3)22-24(17)19/h4-7,12,16H,8-11H2,1-3H3. The van der Waals surface area contributed by atoms with E-state index in [4.69, 9.17) is 9.72 Å². The molecule has 0 N–H and O–H groups in total. The van der Waals surface area contributed by atoms with Crippen molar-refractivity contribution in [3.8, 4) is 0 Å². The van der Waals surface area contributed by atoms with Gasteiger partial charge in [-0.1, -0.05) is 37.7 Å². The summed E-state index contributed by atoms with van der Waals surface area (Å²) < 4.78 is 7.15. The Morgan fingerprint density at radius 2 is 1.93 bits per heavy atom. The zero-order valence-corrected chi connectivity index (χ0v) is 16.6. The fraction of sp³-hybridized carbons (Fsp3) is 0.474. The van der Waals surface area contributed by atoms with Gasteiger partial charge in [0.15, 0.2) is 10.8 Å². The number of nitrogens with zero attached hydrogens (tertiary/aromatic N) is 5. The van der Waals surface area contributed by atoms with E-state index in [2.05, 4.69) is 23.9 Å². The highest BCUT2D eigenvalue weighted by atomic mass is 32.2. The molecule has 1 amide bonds. The van der Waals surface area contributed by atoms with Crippen LogP contribution >= 0.6 is 11.8 Å². The van der Waals surface area contributed by atoms with Gasteiger partial charge in [0.05, 0.1) is 24.0 Å². The fourth-order valence-corrected chi connectivity index (χ4v) is 4.39. The second-order valence-electron chi connectivity index (χ2n) is 7.03. The molecule has 0 bridgehead atoms. The van der Waals surface area contributed by atoms with E-state index in [-0.39, 0.29) is 17.1 Å². The number of carbonyl (C=O) groups excluding carboxylic acids is 1. The van der Waals surface area contributed by atoms with E-state index in [1.807, 2.05) is 36.1 Å². The van der Waals surface area contributed by atoms with E-state index in [0.717, 1.165) is 16.6 Å². The van der Waals surface area contributed by atoms with Crippen LogP contribution in [-0.2, 0) is 9.53 Å². The van der Waals surface area contributed by atoms with Crippen LogP contribution in [-0.4, -0.2) is 61.9 Å². The number of para-hydroxylation sites is 1. The molecule has 3 aromatic rings. The van der Waals surface area contributed by atoms with E-state index >= 15 is 0 Å². The zero-order valence-electron chi connectivity index (χ0n) is 15.8. The molecule has 4 rings (SSSR count). The van der Waals surface area contributed by atoms with Gasteiger partial charge < -0.3 is 9.64 Å². The summed E-state index contributed by atoms with van der Waals surface area (Å²) in [4.78, 5) is 24.4. The van der Waals surface area contributed by atoms with Crippen LogP contribution in [0.4, 0.5) is 0 Å². The summed E-state index contributed by atoms with van der Waals surface area (Å²) in [5.74, 6) is 0.993. The monoisotopic (exact) mass is 385 g/mol. The fourth-order valence-electron chi connectivity index (χ4n) is 3.26. The van der Waals surface area contributed by atoms with Gasteiger partial charge in [0, 0.05) is 18.5 Å². The summed E-state index contributed by atoms with van der Waals surface area (Å²) in [6.07, 6.45) is 0. The summed E-state index contributed by atoms with van der Waals surface area (Å²) in [6, 6.07) is 7.90. The third-order valence-corrected chi connectivity index (χ3v) is 6.13. The largest absolute Gasteiger partial charge is 0.378 e.